The summed E-state index contributed by atoms with van der Waals surface area (Å²) in [5.41, 5.74) is 1.00. The van der Waals surface area contributed by atoms with Gasteiger partial charge >= 0.3 is 0 Å². The summed E-state index contributed by atoms with van der Waals surface area (Å²) in [4.78, 5) is 11.8. The fourth-order valence-corrected chi connectivity index (χ4v) is 3.78. The van der Waals surface area contributed by atoms with Gasteiger partial charge in [-0.3, -0.25) is 4.40 Å². The molecule has 1 atom stereocenters. The number of nitrogens with zero attached hydrogens (tertiary/aromatic N) is 3. The first-order valence-corrected chi connectivity index (χ1v) is 7.50. The summed E-state index contributed by atoms with van der Waals surface area (Å²) >= 11 is 2.72. The molecule has 3 rings (SSSR count). The number of hydrogen-bond acceptors (Lipinski definition) is 6. The molecule has 0 unspecified atom stereocenters. The van der Waals surface area contributed by atoms with Crippen LogP contribution >= 0.6 is 23.1 Å². The molecule has 19 heavy (non-hydrogen) atoms. The molecule has 0 saturated carbocycles. The van der Waals surface area contributed by atoms with Crippen LogP contribution in [-0.2, 0) is 4.79 Å². The van der Waals surface area contributed by atoms with Crippen molar-refractivity contribution in [2.45, 2.75) is 23.8 Å². The molecule has 0 radical (unpaired) electrons. The highest BCUT2D eigenvalue weighted by Crippen LogP contribution is 2.31. The van der Waals surface area contributed by atoms with E-state index >= 15 is 0 Å². The second kappa shape index (κ2) is 4.82. The Kier molecular flexibility index (Phi) is 3.16. The highest BCUT2D eigenvalue weighted by Gasteiger charge is 2.17. The molecule has 3 aromatic rings. The minimum absolute atomic E-state index is 0.490. The molecule has 0 fully saturated rings. The lowest BCUT2D eigenvalue weighted by molar-refractivity contribution is -0.304. The van der Waals surface area contributed by atoms with Crippen LogP contribution in [0.4, 0.5) is 0 Å². The third kappa shape index (κ3) is 2.08. The van der Waals surface area contributed by atoms with Crippen molar-refractivity contribution in [2.24, 2.45) is 0 Å². The zero-order valence-corrected chi connectivity index (χ0v) is 11.7. The van der Waals surface area contributed by atoms with Gasteiger partial charge in [0, 0.05) is 0 Å². The number of carbonyl (C=O) groups excluding carboxylic acids is 1. The maximum atomic E-state index is 11.0. The predicted octanol–water partition coefficient (Wildman–Crippen LogP) is 1.56. The molecule has 2 heterocycles. The lowest BCUT2D eigenvalue weighted by Crippen LogP contribution is -2.33. The summed E-state index contributed by atoms with van der Waals surface area (Å²) in [5.74, 6) is -1.07. The molecule has 7 heteroatoms. The van der Waals surface area contributed by atoms with Crippen molar-refractivity contribution in [3.63, 3.8) is 0 Å². The normalized spacial score (nSPS) is 13.1. The molecular formula is C12H10N3O2S2-. The number of rotatable bonds is 4. The van der Waals surface area contributed by atoms with Crippen molar-refractivity contribution >= 4 is 44.2 Å². The first kappa shape index (κ1) is 12.4. The van der Waals surface area contributed by atoms with Crippen LogP contribution in [0.3, 0.4) is 0 Å². The van der Waals surface area contributed by atoms with E-state index in [1.54, 1.807) is 0 Å². The molecule has 1 aromatic carbocycles. The number of carboxylic acid groups (broad SMARTS) is 1. The topological polar surface area (TPSA) is 70.3 Å². The van der Waals surface area contributed by atoms with Crippen LogP contribution in [0.15, 0.2) is 29.4 Å². The number of carboxylic acids is 1. The molecule has 0 N–H and O–H groups in total. The zero-order chi connectivity index (χ0) is 13.4. The maximum absolute atomic E-state index is 11.0. The smallest absolute Gasteiger partial charge is 0.217 e. The molecular weight excluding hydrogens is 282 g/mol. The molecule has 0 amide bonds. The first-order valence-electron chi connectivity index (χ1n) is 5.81. The van der Waals surface area contributed by atoms with Gasteiger partial charge < -0.3 is 9.90 Å². The number of carbonyl (C=O) groups is 1. The van der Waals surface area contributed by atoms with Crippen molar-refractivity contribution in [2.75, 3.05) is 0 Å². The molecule has 0 saturated heterocycles. The van der Waals surface area contributed by atoms with Gasteiger partial charge in [-0.15, -0.1) is 10.2 Å². The van der Waals surface area contributed by atoms with Crippen molar-refractivity contribution < 1.29 is 9.90 Å². The van der Waals surface area contributed by atoms with Gasteiger partial charge in [0.25, 0.3) is 0 Å². The van der Waals surface area contributed by atoms with E-state index in [0.29, 0.717) is 11.6 Å². The third-order valence-electron chi connectivity index (χ3n) is 2.79. The third-order valence-corrected chi connectivity index (χ3v) is 5.09. The number of thioether (sulfide) groups is 1. The van der Waals surface area contributed by atoms with Crippen LogP contribution in [0.1, 0.15) is 13.3 Å². The van der Waals surface area contributed by atoms with Gasteiger partial charge in [0.05, 0.1) is 21.4 Å². The van der Waals surface area contributed by atoms with E-state index in [0.717, 1.165) is 15.2 Å². The Bertz CT molecular complexity index is 750. The van der Waals surface area contributed by atoms with E-state index in [2.05, 4.69) is 10.2 Å². The van der Waals surface area contributed by atoms with Crippen LogP contribution in [0, 0.1) is 0 Å². The summed E-state index contributed by atoms with van der Waals surface area (Å²) in [6.07, 6.45) is 0.490. The number of aromatic nitrogens is 3. The maximum Gasteiger partial charge on any atom is 0.217 e. The number of fused-ring (bicyclic) bond motifs is 3. The Hall–Kier alpha value is -1.60. The number of aliphatic carboxylic acids is 1. The van der Waals surface area contributed by atoms with Gasteiger partial charge in [0.2, 0.25) is 4.96 Å². The minimum atomic E-state index is -1.07. The number of para-hydroxylation sites is 1. The molecule has 5 nitrogen and oxygen atoms in total. The standard InChI is InChI=1S/C12H11N3O2S2/c1-2-8(10(16)17)18-11-13-14-12-15(11)7-5-3-4-6-9(7)19-12/h3-6,8H,2H2,1H3,(H,16,17)/p-1/t8-/m0/s1. The van der Waals surface area contributed by atoms with E-state index in [-0.39, 0.29) is 0 Å². The second-order valence-electron chi connectivity index (χ2n) is 4.00. The molecule has 0 spiro atoms. The summed E-state index contributed by atoms with van der Waals surface area (Å²) in [7, 11) is 0. The fraction of sp³-hybridized carbons (Fsp3) is 0.250. The van der Waals surface area contributed by atoms with Crippen LogP contribution < -0.4 is 5.11 Å². The average Bonchev–Trinajstić information content (AvgIpc) is 2.94. The van der Waals surface area contributed by atoms with Crippen molar-refractivity contribution in [3.8, 4) is 0 Å². The molecule has 98 valence electrons. The van der Waals surface area contributed by atoms with Gasteiger partial charge in [-0.2, -0.15) is 0 Å². The van der Waals surface area contributed by atoms with E-state index in [1.165, 1.54) is 23.1 Å². The zero-order valence-electron chi connectivity index (χ0n) is 10.1. The Morgan fingerprint density at radius 3 is 3.00 bits per heavy atom. The summed E-state index contributed by atoms with van der Waals surface area (Å²) in [5, 5.41) is 19.2. The first-order chi connectivity index (χ1) is 9.20. The quantitative estimate of drug-likeness (QED) is 0.683. The molecule has 0 aliphatic rings. The van der Waals surface area contributed by atoms with Gasteiger partial charge in [-0.25, -0.2) is 0 Å². The Balaban J connectivity index is 2.11. The fourth-order valence-electron chi connectivity index (χ4n) is 1.86. The van der Waals surface area contributed by atoms with Gasteiger partial charge in [0.15, 0.2) is 5.16 Å². The molecule has 0 aliphatic heterocycles. The van der Waals surface area contributed by atoms with Crippen LogP contribution in [0.5, 0.6) is 0 Å². The highest BCUT2D eigenvalue weighted by atomic mass is 32.2. The van der Waals surface area contributed by atoms with Crippen molar-refractivity contribution in [1.82, 2.24) is 14.6 Å². The largest absolute Gasteiger partial charge is 0.549 e. The van der Waals surface area contributed by atoms with E-state index in [9.17, 15) is 9.90 Å². The minimum Gasteiger partial charge on any atom is -0.549 e. The SMILES string of the molecule is CC[C@H](Sc1nnc2sc3ccccc3n12)C(=O)[O-]. The average molecular weight is 292 g/mol. The molecule has 0 bridgehead atoms. The Morgan fingerprint density at radius 2 is 2.26 bits per heavy atom. The molecule has 2 aromatic heterocycles. The number of benzene rings is 1. The summed E-state index contributed by atoms with van der Waals surface area (Å²) in [6.45, 7) is 1.82. The Morgan fingerprint density at radius 1 is 1.47 bits per heavy atom. The van der Waals surface area contributed by atoms with Crippen LogP contribution in [0.25, 0.3) is 15.2 Å². The van der Waals surface area contributed by atoms with E-state index in [1.807, 2.05) is 35.6 Å². The lowest BCUT2D eigenvalue weighted by atomic mass is 10.3. The number of thiazole rings is 1. The monoisotopic (exact) mass is 292 g/mol. The summed E-state index contributed by atoms with van der Waals surface area (Å²) in [6, 6.07) is 7.90. The van der Waals surface area contributed by atoms with Crippen molar-refractivity contribution in [1.29, 1.82) is 0 Å². The lowest BCUT2D eigenvalue weighted by Gasteiger charge is -2.13. The van der Waals surface area contributed by atoms with Gasteiger partial charge in [-0.1, -0.05) is 42.2 Å². The van der Waals surface area contributed by atoms with Crippen molar-refractivity contribution in [3.05, 3.63) is 24.3 Å². The Labute approximate surface area is 117 Å². The summed E-state index contributed by atoms with van der Waals surface area (Å²) < 4.78 is 3.01. The number of hydrogen-bond donors (Lipinski definition) is 0. The second-order valence-corrected chi connectivity index (χ2v) is 6.18. The van der Waals surface area contributed by atoms with Crippen LogP contribution in [-0.4, -0.2) is 25.8 Å². The van der Waals surface area contributed by atoms with E-state index < -0.39 is 11.2 Å². The van der Waals surface area contributed by atoms with E-state index in [4.69, 9.17) is 0 Å². The van der Waals surface area contributed by atoms with Gasteiger partial charge in [0.1, 0.15) is 0 Å². The van der Waals surface area contributed by atoms with Gasteiger partial charge in [-0.05, 0) is 18.6 Å². The molecule has 0 aliphatic carbocycles. The predicted molar refractivity (Wildman–Crippen MR) is 73.3 cm³/mol. The van der Waals surface area contributed by atoms with Crippen LogP contribution in [0.2, 0.25) is 0 Å². The highest BCUT2D eigenvalue weighted by molar-refractivity contribution is 8.00.